The topological polar surface area (TPSA) is 99.6 Å². The molecule has 1 saturated heterocycles. The normalized spacial score (nSPS) is 16.9. The third-order valence-corrected chi connectivity index (χ3v) is 4.84. The lowest BCUT2D eigenvalue weighted by molar-refractivity contribution is -0.129. The van der Waals surface area contributed by atoms with E-state index >= 15 is 0 Å². The molecule has 0 radical (unpaired) electrons. The number of nitrogens with one attached hydrogen (secondary N) is 1. The van der Waals surface area contributed by atoms with Gasteiger partial charge in [0.05, 0.1) is 12.5 Å². The lowest BCUT2D eigenvalue weighted by Gasteiger charge is -2.16. The average Bonchev–Trinajstić information content (AvgIpc) is 3.21. The summed E-state index contributed by atoms with van der Waals surface area (Å²) >= 11 is 1.18. The first kappa shape index (κ1) is 17.1. The van der Waals surface area contributed by atoms with Gasteiger partial charge < -0.3 is 15.3 Å². The molecule has 1 fully saturated rings. The molecule has 2 N–H and O–H groups in total. The highest BCUT2D eigenvalue weighted by Gasteiger charge is 2.34. The summed E-state index contributed by atoms with van der Waals surface area (Å²) < 4.78 is 0. The van der Waals surface area contributed by atoms with Gasteiger partial charge in [0.1, 0.15) is 5.01 Å². The van der Waals surface area contributed by atoms with E-state index in [2.05, 4.69) is 10.3 Å². The van der Waals surface area contributed by atoms with Gasteiger partial charge in [0.2, 0.25) is 11.8 Å². The fourth-order valence-corrected chi connectivity index (χ4v) is 3.41. The number of rotatable bonds is 6. The molecule has 0 bridgehead atoms. The molecule has 1 atom stereocenters. The van der Waals surface area contributed by atoms with Crippen LogP contribution in [-0.4, -0.2) is 39.3 Å². The van der Waals surface area contributed by atoms with Gasteiger partial charge in [0.25, 0.3) is 0 Å². The number of carbonyl (C=O) groups is 3. The molecule has 1 aliphatic rings. The second-order valence-electron chi connectivity index (χ2n) is 5.81. The lowest BCUT2D eigenvalue weighted by Crippen LogP contribution is -2.32. The SMILES string of the molecule is O=C(O)c1csc(CNC(=O)[C@@H]2CC(=O)N(Cc3ccccc3)C2)n1. The van der Waals surface area contributed by atoms with Crippen molar-refractivity contribution in [3.8, 4) is 0 Å². The van der Waals surface area contributed by atoms with E-state index in [1.807, 2.05) is 30.3 Å². The van der Waals surface area contributed by atoms with E-state index in [1.54, 1.807) is 4.90 Å². The van der Waals surface area contributed by atoms with Gasteiger partial charge >= 0.3 is 5.97 Å². The fourth-order valence-electron chi connectivity index (χ4n) is 2.70. The first-order valence-electron chi connectivity index (χ1n) is 7.80. The summed E-state index contributed by atoms with van der Waals surface area (Å²) in [5.74, 6) is -1.73. The van der Waals surface area contributed by atoms with E-state index in [0.717, 1.165) is 5.56 Å². The molecule has 2 aromatic rings. The Morgan fingerprint density at radius 3 is 2.76 bits per heavy atom. The number of thiazole rings is 1. The Balaban J connectivity index is 1.52. The van der Waals surface area contributed by atoms with Crippen LogP contribution in [0.15, 0.2) is 35.7 Å². The van der Waals surface area contributed by atoms with Gasteiger partial charge in [0, 0.05) is 24.9 Å². The number of carboxylic acid groups (broad SMARTS) is 1. The molecule has 25 heavy (non-hydrogen) atoms. The maximum Gasteiger partial charge on any atom is 0.355 e. The summed E-state index contributed by atoms with van der Waals surface area (Å²) in [6, 6.07) is 9.64. The molecule has 130 valence electrons. The van der Waals surface area contributed by atoms with Crippen LogP contribution in [0.1, 0.15) is 27.5 Å². The molecule has 0 saturated carbocycles. The maximum atomic E-state index is 12.3. The highest BCUT2D eigenvalue weighted by Crippen LogP contribution is 2.20. The highest BCUT2D eigenvalue weighted by atomic mass is 32.1. The number of likely N-dealkylation sites (tertiary alicyclic amines) is 1. The van der Waals surface area contributed by atoms with Crippen molar-refractivity contribution in [2.75, 3.05) is 6.54 Å². The van der Waals surface area contributed by atoms with Crippen LogP contribution >= 0.6 is 11.3 Å². The van der Waals surface area contributed by atoms with Crippen LogP contribution in [-0.2, 0) is 22.7 Å². The van der Waals surface area contributed by atoms with Gasteiger partial charge in [-0.3, -0.25) is 9.59 Å². The molecule has 2 amide bonds. The molecule has 0 aliphatic carbocycles. The number of carboxylic acids is 1. The van der Waals surface area contributed by atoms with Crippen LogP contribution in [0.3, 0.4) is 0 Å². The predicted molar refractivity (Wildman–Crippen MR) is 90.9 cm³/mol. The van der Waals surface area contributed by atoms with Crippen molar-refractivity contribution in [3.63, 3.8) is 0 Å². The molecule has 3 rings (SSSR count). The van der Waals surface area contributed by atoms with Crippen molar-refractivity contribution in [1.29, 1.82) is 0 Å². The van der Waals surface area contributed by atoms with Crippen molar-refractivity contribution >= 4 is 29.1 Å². The maximum absolute atomic E-state index is 12.3. The van der Waals surface area contributed by atoms with Crippen molar-refractivity contribution < 1.29 is 19.5 Å². The minimum absolute atomic E-state index is 0.0284. The second kappa shape index (κ2) is 7.43. The summed E-state index contributed by atoms with van der Waals surface area (Å²) in [4.78, 5) is 40.8. The Morgan fingerprint density at radius 1 is 1.32 bits per heavy atom. The van der Waals surface area contributed by atoms with Gasteiger partial charge in [-0.15, -0.1) is 11.3 Å². The zero-order chi connectivity index (χ0) is 17.8. The molecule has 1 aromatic carbocycles. The van der Waals surface area contributed by atoms with Gasteiger partial charge in [0.15, 0.2) is 5.69 Å². The Hall–Kier alpha value is -2.74. The number of nitrogens with zero attached hydrogens (tertiary/aromatic N) is 2. The second-order valence-corrected chi connectivity index (χ2v) is 6.75. The largest absolute Gasteiger partial charge is 0.476 e. The van der Waals surface area contributed by atoms with Gasteiger partial charge in [-0.2, -0.15) is 0 Å². The fraction of sp³-hybridized carbons (Fsp3) is 0.294. The molecule has 1 aromatic heterocycles. The molecular weight excluding hydrogens is 342 g/mol. The van der Waals surface area contributed by atoms with Crippen LogP contribution in [0.25, 0.3) is 0 Å². The van der Waals surface area contributed by atoms with Crippen molar-refractivity contribution in [3.05, 3.63) is 52.0 Å². The minimum Gasteiger partial charge on any atom is -0.476 e. The third-order valence-electron chi connectivity index (χ3n) is 3.99. The first-order valence-corrected chi connectivity index (χ1v) is 8.68. The Morgan fingerprint density at radius 2 is 2.08 bits per heavy atom. The van der Waals surface area contributed by atoms with Crippen molar-refractivity contribution in [1.82, 2.24) is 15.2 Å². The van der Waals surface area contributed by atoms with E-state index in [-0.39, 0.29) is 30.5 Å². The zero-order valence-electron chi connectivity index (χ0n) is 13.3. The van der Waals surface area contributed by atoms with E-state index in [9.17, 15) is 14.4 Å². The number of benzene rings is 1. The monoisotopic (exact) mass is 359 g/mol. The van der Waals surface area contributed by atoms with Crippen LogP contribution in [0, 0.1) is 5.92 Å². The molecule has 7 nitrogen and oxygen atoms in total. The van der Waals surface area contributed by atoms with Crippen molar-refractivity contribution in [2.24, 2.45) is 5.92 Å². The smallest absolute Gasteiger partial charge is 0.355 e. The number of aromatic carboxylic acids is 1. The summed E-state index contributed by atoms with van der Waals surface area (Å²) in [5, 5.41) is 13.5. The predicted octanol–water partition coefficient (Wildman–Crippen LogP) is 1.51. The van der Waals surface area contributed by atoms with E-state index < -0.39 is 11.9 Å². The van der Waals surface area contributed by atoms with Gasteiger partial charge in [-0.25, -0.2) is 9.78 Å². The minimum atomic E-state index is -1.09. The number of carbonyl (C=O) groups excluding carboxylic acids is 2. The lowest BCUT2D eigenvalue weighted by atomic mass is 10.1. The summed E-state index contributed by atoms with van der Waals surface area (Å²) in [5.41, 5.74) is 1.00. The highest BCUT2D eigenvalue weighted by molar-refractivity contribution is 7.09. The standard InChI is InChI=1S/C17H17N3O4S/c21-15-6-12(9-20(15)8-11-4-2-1-3-5-11)16(22)18-7-14-19-13(10-25-14)17(23)24/h1-5,10,12H,6-9H2,(H,18,22)(H,23,24)/t12-/m1/s1. The van der Waals surface area contributed by atoms with E-state index in [0.29, 0.717) is 18.1 Å². The molecule has 0 spiro atoms. The van der Waals surface area contributed by atoms with Crippen molar-refractivity contribution in [2.45, 2.75) is 19.5 Å². The van der Waals surface area contributed by atoms with Gasteiger partial charge in [-0.05, 0) is 5.56 Å². The molecule has 8 heteroatoms. The molecule has 0 unspecified atom stereocenters. The van der Waals surface area contributed by atoms with Crippen LogP contribution in [0.2, 0.25) is 0 Å². The summed E-state index contributed by atoms with van der Waals surface area (Å²) in [6.45, 7) is 1.05. The number of hydrogen-bond donors (Lipinski definition) is 2. The average molecular weight is 359 g/mol. The third kappa shape index (κ3) is 4.21. The summed E-state index contributed by atoms with van der Waals surface area (Å²) in [7, 11) is 0. The van der Waals surface area contributed by atoms with Gasteiger partial charge in [-0.1, -0.05) is 30.3 Å². The molecular formula is C17H17N3O4S. The number of hydrogen-bond acceptors (Lipinski definition) is 5. The number of amides is 2. The van der Waals surface area contributed by atoms with Crippen LogP contribution in [0.5, 0.6) is 0 Å². The quantitative estimate of drug-likeness (QED) is 0.814. The number of aromatic nitrogens is 1. The summed E-state index contributed by atoms with van der Waals surface area (Å²) in [6.07, 6.45) is 0.191. The van der Waals surface area contributed by atoms with E-state index in [1.165, 1.54) is 16.7 Å². The first-order chi connectivity index (χ1) is 12.0. The molecule has 1 aliphatic heterocycles. The Kier molecular flexibility index (Phi) is 5.08. The van der Waals surface area contributed by atoms with E-state index in [4.69, 9.17) is 5.11 Å². The van der Waals surface area contributed by atoms with Crippen LogP contribution < -0.4 is 5.32 Å². The zero-order valence-corrected chi connectivity index (χ0v) is 14.2. The van der Waals surface area contributed by atoms with Crippen LogP contribution in [0.4, 0.5) is 0 Å². The molecule has 2 heterocycles. The Bertz CT molecular complexity index is 790. The Labute approximate surface area is 148 Å².